The zero-order valence-electron chi connectivity index (χ0n) is 16.1. The molecule has 0 saturated heterocycles. The number of urea groups is 1. The Labute approximate surface area is 192 Å². The van der Waals surface area contributed by atoms with Crippen molar-refractivity contribution in [1.29, 1.82) is 0 Å². The fourth-order valence-corrected chi connectivity index (χ4v) is 3.67. The Kier molecular flexibility index (Phi) is 7.99. The second kappa shape index (κ2) is 10.9. The van der Waals surface area contributed by atoms with Crippen LogP contribution in [0.5, 0.6) is 0 Å². The molecule has 0 aliphatic heterocycles. The predicted molar refractivity (Wildman–Crippen MR) is 129 cm³/mol. The highest BCUT2D eigenvalue weighted by Gasteiger charge is 2.25. The number of rotatable bonds is 6. The van der Waals surface area contributed by atoms with Crippen molar-refractivity contribution in [2.45, 2.75) is 6.54 Å². The molecule has 0 bridgehead atoms. The Hall–Kier alpha value is -2.70. The van der Waals surface area contributed by atoms with Crippen LogP contribution in [0.4, 0.5) is 10.5 Å². The first-order valence-electron chi connectivity index (χ1n) is 9.32. The van der Waals surface area contributed by atoms with Crippen molar-refractivity contribution < 1.29 is 9.59 Å². The van der Waals surface area contributed by atoms with E-state index in [2.05, 4.69) is 37.2 Å². The van der Waals surface area contributed by atoms with Gasteiger partial charge in [0, 0.05) is 21.9 Å². The van der Waals surface area contributed by atoms with E-state index in [-0.39, 0.29) is 5.91 Å². The Morgan fingerprint density at radius 1 is 0.900 bits per heavy atom. The number of para-hydroxylation sites is 1. The van der Waals surface area contributed by atoms with Crippen LogP contribution in [0.15, 0.2) is 95.0 Å². The lowest BCUT2D eigenvalue weighted by molar-refractivity contribution is -0.114. The highest BCUT2D eigenvalue weighted by molar-refractivity contribution is 9.10. The predicted octanol–water partition coefficient (Wildman–Crippen LogP) is 6.17. The van der Waals surface area contributed by atoms with Gasteiger partial charge < -0.3 is 5.32 Å². The van der Waals surface area contributed by atoms with Crippen LogP contribution in [0.3, 0.4) is 0 Å². The standard InChI is InChI=1S/C24H20Br2N2O2/c25-16-20(14-19-10-7-11-21(26)15-19)23(29)28(22-12-5-2-6-13-22)24(30)27-17-18-8-3-1-4-9-18/h1-15H,16-17H2,(H,27,30)/b20-14-. The molecule has 4 nitrogen and oxygen atoms in total. The molecule has 3 aromatic carbocycles. The molecule has 0 aliphatic rings. The fourth-order valence-electron chi connectivity index (χ4n) is 2.86. The highest BCUT2D eigenvalue weighted by Crippen LogP contribution is 2.21. The summed E-state index contributed by atoms with van der Waals surface area (Å²) in [5.74, 6) is -0.386. The van der Waals surface area contributed by atoms with Crippen molar-refractivity contribution in [1.82, 2.24) is 5.32 Å². The van der Waals surface area contributed by atoms with Gasteiger partial charge in [0.15, 0.2) is 0 Å². The molecule has 0 saturated carbocycles. The van der Waals surface area contributed by atoms with Gasteiger partial charge in [0.2, 0.25) is 0 Å². The summed E-state index contributed by atoms with van der Waals surface area (Å²) in [7, 11) is 0. The number of imide groups is 1. The van der Waals surface area contributed by atoms with Gasteiger partial charge in [-0.05, 0) is 41.5 Å². The lowest BCUT2D eigenvalue weighted by Crippen LogP contribution is -2.44. The molecular formula is C24H20Br2N2O2. The molecule has 0 fully saturated rings. The van der Waals surface area contributed by atoms with E-state index in [0.717, 1.165) is 15.6 Å². The zero-order chi connectivity index (χ0) is 21.3. The zero-order valence-corrected chi connectivity index (χ0v) is 19.3. The number of nitrogens with one attached hydrogen (secondary N) is 1. The van der Waals surface area contributed by atoms with Crippen LogP contribution >= 0.6 is 31.9 Å². The molecule has 1 N–H and O–H groups in total. The largest absolute Gasteiger partial charge is 0.333 e. The molecule has 0 unspecified atom stereocenters. The summed E-state index contributed by atoms with van der Waals surface area (Å²) < 4.78 is 0.915. The summed E-state index contributed by atoms with van der Waals surface area (Å²) in [6.07, 6.45) is 1.78. The maximum absolute atomic E-state index is 13.4. The minimum atomic E-state index is -0.476. The smallest absolute Gasteiger partial charge is 0.329 e. The Balaban J connectivity index is 1.89. The minimum absolute atomic E-state index is 0.313. The molecule has 152 valence electrons. The van der Waals surface area contributed by atoms with Crippen molar-refractivity contribution in [3.8, 4) is 0 Å². The number of hydrogen-bond acceptors (Lipinski definition) is 2. The van der Waals surface area contributed by atoms with Crippen LogP contribution in [0.2, 0.25) is 0 Å². The van der Waals surface area contributed by atoms with Crippen molar-refractivity contribution in [3.05, 3.63) is 106 Å². The molecule has 0 aromatic heterocycles. The van der Waals surface area contributed by atoms with Crippen LogP contribution in [0.25, 0.3) is 6.08 Å². The normalized spacial score (nSPS) is 11.1. The number of carbonyl (C=O) groups is 2. The summed E-state index contributed by atoms with van der Waals surface area (Å²) in [6.45, 7) is 0.329. The number of hydrogen-bond donors (Lipinski definition) is 1. The van der Waals surface area contributed by atoms with Crippen LogP contribution in [-0.2, 0) is 11.3 Å². The van der Waals surface area contributed by atoms with Gasteiger partial charge in [-0.3, -0.25) is 4.79 Å². The Morgan fingerprint density at radius 3 is 2.20 bits per heavy atom. The fraction of sp³-hybridized carbons (Fsp3) is 0.0833. The summed E-state index contributed by atoms with van der Waals surface area (Å²) >= 11 is 6.84. The van der Waals surface area contributed by atoms with E-state index in [0.29, 0.717) is 23.1 Å². The average molecular weight is 528 g/mol. The van der Waals surface area contributed by atoms with Crippen LogP contribution in [-0.4, -0.2) is 17.3 Å². The van der Waals surface area contributed by atoms with E-state index in [1.807, 2.05) is 60.7 Å². The molecule has 3 rings (SSSR count). The molecule has 3 amide bonds. The van der Waals surface area contributed by atoms with Crippen LogP contribution in [0.1, 0.15) is 11.1 Å². The minimum Gasteiger partial charge on any atom is -0.333 e. The van der Waals surface area contributed by atoms with Gasteiger partial charge in [-0.1, -0.05) is 92.5 Å². The molecule has 3 aromatic rings. The van der Waals surface area contributed by atoms with Crippen LogP contribution < -0.4 is 10.2 Å². The number of alkyl halides is 1. The van der Waals surface area contributed by atoms with Gasteiger partial charge in [-0.15, -0.1) is 0 Å². The number of nitrogens with zero attached hydrogens (tertiary/aromatic N) is 1. The van der Waals surface area contributed by atoms with Gasteiger partial charge >= 0.3 is 6.03 Å². The number of benzene rings is 3. The molecule has 0 aliphatic carbocycles. The summed E-state index contributed by atoms with van der Waals surface area (Å²) in [6, 6.07) is 25.7. The number of anilines is 1. The van der Waals surface area contributed by atoms with E-state index in [4.69, 9.17) is 0 Å². The third-order valence-electron chi connectivity index (χ3n) is 4.32. The molecule has 0 atom stereocenters. The molecule has 0 radical (unpaired) electrons. The van der Waals surface area contributed by atoms with E-state index < -0.39 is 6.03 Å². The Morgan fingerprint density at radius 2 is 1.57 bits per heavy atom. The van der Waals surface area contributed by atoms with Crippen molar-refractivity contribution in [2.24, 2.45) is 0 Å². The molecule has 6 heteroatoms. The van der Waals surface area contributed by atoms with Gasteiger partial charge in [-0.2, -0.15) is 0 Å². The maximum Gasteiger partial charge on any atom is 0.329 e. The van der Waals surface area contributed by atoms with Gasteiger partial charge in [-0.25, -0.2) is 9.69 Å². The number of carbonyl (C=O) groups excluding carboxylic acids is 2. The second-order valence-corrected chi connectivity index (χ2v) is 7.96. The first-order valence-corrected chi connectivity index (χ1v) is 11.2. The second-order valence-electron chi connectivity index (χ2n) is 6.48. The number of amides is 3. The third-order valence-corrected chi connectivity index (χ3v) is 5.41. The van der Waals surface area contributed by atoms with Gasteiger partial charge in [0.05, 0.1) is 5.69 Å². The van der Waals surface area contributed by atoms with E-state index in [1.165, 1.54) is 4.90 Å². The van der Waals surface area contributed by atoms with Crippen molar-refractivity contribution in [3.63, 3.8) is 0 Å². The average Bonchev–Trinajstić information content (AvgIpc) is 2.77. The monoisotopic (exact) mass is 526 g/mol. The quantitative estimate of drug-likeness (QED) is 0.308. The molecular weight excluding hydrogens is 508 g/mol. The van der Waals surface area contributed by atoms with Crippen molar-refractivity contribution in [2.75, 3.05) is 10.2 Å². The van der Waals surface area contributed by atoms with Crippen LogP contribution in [0, 0.1) is 0 Å². The molecule has 0 heterocycles. The van der Waals surface area contributed by atoms with Gasteiger partial charge in [0.1, 0.15) is 0 Å². The van der Waals surface area contributed by atoms with E-state index in [9.17, 15) is 9.59 Å². The first-order chi connectivity index (χ1) is 14.6. The first kappa shape index (κ1) is 22.0. The summed E-state index contributed by atoms with van der Waals surface area (Å²) in [5.41, 5.74) is 2.79. The molecule has 0 spiro atoms. The highest BCUT2D eigenvalue weighted by atomic mass is 79.9. The van der Waals surface area contributed by atoms with Gasteiger partial charge in [0.25, 0.3) is 5.91 Å². The lowest BCUT2D eigenvalue weighted by Gasteiger charge is -2.22. The maximum atomic E-state index is 13.4. The molecule has 30 heavy (non-hydrogen) atoms. The summed E-state index contributed by atoms with van der Waals surface area (Å²) in [4.78, 5) is 27.6. The van der Waals surface area contributed by atoms with E-state index in [1.54, 1.807) is 30.3 Å². The lowest BCUT2D eigenvalue weighted by atomic mass is 10.1. The topological polar surface area (TPSA) is 49.4 Å². The number of halogens is 2. The Bertz CT molecular complexity index is 1040. The SMILES string of the molecule is O=C(NCc1ccccc1)N(C(=O)/C(=C\c1cccc(Br)c1)CBr)c1ccccc1. The third kappa shape index (κ3) is 5.90. The summed E-state index contributed by atoms with van der Waals surface area (Å²) in [5, 5.41) is 3.16. The van der Waals surface area contributed by atoms with Crippen molar-refractivity contribution >= 4 is 55.6 Å². The van der Waals surface area contributed by atoms with E-state index >= 15 is 0 Å².